The molecule has 1 aliphatic carbocycles. The van der Waals surface area contributed by atoms with Gasteiger partial charge in [0.2, 0.25) is 5.91 Å². The third-order valence-corrected chi connectivity index (χ3v) is 4.33. The summed E-state index contributed by atoms with van der Waals surface area (Å²) in [6, 6.07) is 1.83. The molecule has 2 heterocycles. The molecule has 6 nitrogen and oxygen atoms in total. The molecule has 0 atom stereocenters. The molecule has 7 heteroatoms. The molecule has 0 spiro atoms. The standard InChI is InChI=1S/C14H19N3O3S/c18-13(8-21)17-5-3-10(4-6-17)15-14(19)11-7-12(20-16-11)9-1-2-9/h7,9-10,21H,1-6,8H2,(H,15,19). The first-order chi connectivity index (χ1) is 10.2. The minimum Gasteiger partial charge on any atom is -0.360 e. The van der Waals surface area contributed by atoms with Crippen molar-refractivity contribution >= 4 is 24.4 Å². The molecule has 0 unspecified atom stereocenters. The molecule has 21 heavy (non-hydrogen) atoms. The summed E-state index contributed by atoms with van der Waals surface area (Å²) in [7, 11) is 0. The van der Waals surface area contributed by atoms with Crippen LogP contribution in [0.4, 0.5) is 0 Å². The molecule has 114 valence electrons. The quantitative estimate of drug-likeness (QED) is 0.820. The second-order valence-electron chi connectivity index (χ2n) is 5.68. The molecule has 1 aromatic rings. The number of nitrogens with zero attached hydrogens (tertiary/aromatic N) is 2. The maximum atomic E-state index is 12.1. The highest BCUT2D eigenvalue weighted by atomic mass is 32.1. The average molecular weight is 309 g/mol. The molecule has 2 aliphatic rings. The van der Waals surface area contributed by atoms with Crippen LogP contribution in [0.5, 0.6) is 0 Å². The highest BCUT2D eigenvalue weighted by molar-refractivity contribution is 7.81. The van der Waals surface area contributed by atoms with Crippen LogP contribution < -0.4 is 5.32 Å². The van der Waals surface area contributed by atoms with Gasteiger partial charge in [-0.15, -0.1) is 0 Å². The molecule has 1 saturated carbocycles. The lowest BCUT2D eigenvalue weighted by atomic mass is 10.0. The molecule has 0 aromatic carbocycles. The Labute approximate surface area is 128 Å². The van der Waals surface area contributed by atoms with Crippen LogP contribution in [0.15, 0.2) is 10.6 Å². The fraction of sp³-hybridized carbons (Fsp3) is 0.643. The summed E-state index contributed by atoms with van der Waals surface area (Å²) in [5.41, 5.74) is 0.353. The number of amides is 2. The second-order valence-corrected chi connectivity index (χ2v) is 5.99. The van der Waals surface area contributed by atoms with E-state index >= 15 is 0 Å². The summed E-state index contributed by atoms with van der Waals surface area (Å²) < 4.78 is 5.19. The maximum absolute atomic E-state index is 12.1. The van der Waals surface area contributed by atoms with Gasteiger partial charge in [0.1, 0.15) is 5.76 Å². The summed E-state index contributed by atoms with van der Waals surface area (Å²) in [5.74, 6) is 1.36. The summed E-state index contributed by atoms with van der Waals surface area (Å²) >= 11 is 4.00. The molecule has 2 fully saturated rings. The Morgan fingerprint density at radius 1 is 1.33 bits per heavy atom. The van der Waals surface area contributed by atoms with Crippen molar-refractivity contribution < 1.29 is 14.1 Å². The Morgan fingerprint density at radius 2 is 2.05 bits per heavy atom. The monoisotopic (exact) mass is 309 g/mol. The normalized spacial score (nSPS) is 19.6. The van der Waals surface area contributed by atoms with Crippen molar-refractivity contribution in [1.29, 1.82) is 0 Å². The number of carbonyl (C=O) groups is 2. The Kier molecular flexibility index (Phi) is 4.19. The minimum absolute atomic E-state index is 0.0497. The van der Waals surface area contributed by atoms with E-state index < -0.39 is 0 Å². The van der Waals surface area contributed by atoms with E-state index in [1.165, 1.54) is 0 Å². The molecule has 3 rings (SSSR count). The number of hydrogen-bond donors (Lipinski definition) is 2. The van der Waals surface area contributed by atoms with Crippen molar-refractivity contribution in [3.8, 4) is 0 Å². The third-order valence-electron chi connectivity index (χ3n) is 4.06. The van der Waals surface area contributed by atoms with Gasteiger partial charge in [0, 0.05) is 31.1 Å². The third kappa shape index (κ3) is 3.40. The van der Waals surface area contributed by atoms with Crippen LogP contribution in [0, 0.1) is 0 Å². The van der Waals surface area contributed by atoms with E-state index in [1.54, 1.807) is 11.0 Å². The molecule has 0 bridgehead atoms. The van der Waals surface area contributed by atoms with E-state index in [2.05, 4.69) is 23.1 Å². The van der Waals surface area contributed by atoms with Crippen LogP contribution in [-0.2, 0) is 4.79 Å². The van der Waals surface area contributed by atoms with E-state index in [-0.39, 0.29) is 23.6 Å². The lowest BCUT2D eigenvalue weighted by Gasteiger charge is -2.31. The van der Waals surface area contributed by atoms with Gasteiger partial charge < -0.3 is 14.7 Å². The smallest absolute Gasteiger partial charge is 0.273 e. The van der Waals surface area contributed by atoms with Crippen LogP contribution >= 0.6 is 12.6 Å². The molecule has 0 radical (unpaired) electrons. The van der Waals surface area contributed by atoms with Gasteiger partial charge in [-0.2, -0.15) is 12.6 Å². The van der Waals surface area contributed by atoms with E-state index in [9.17, 15) is 9.59 Å². The van der Waals surface area contributed by atoms with Crippen LogP contribution in [-0.4, -0.2) is 46.8 Å². The van der Waals surface area contributed by atoms with Crippen LogP contribution in [0.2, 0.25) is 0 Å². The summed E-state index contributed by atoms with van der Waals surface area (Å²) in [5, 5.41) is 6.80. The first-order valence-electron chi connectivity index (χ1n) is 7.33. The molecule has 2 amide bonds. The lowest BCUT2D eigenvalue weighted by Crippen LogP contribution is -2.47. The minimum atomic E-state index is -0.190. The molecular formula is C14H19N3O3S. The highest BCUT2D eigenvalue weighted by Crippen LogP contribution is 2.40. The molecule has 1 aliphatic heterocycles. The van der Waals surface area contributed by atoms with E-state index in [1.807, 2.05) is 0 Å². The number of piperidine rings is 1. The van der Waals surface area contributed by atoms with Gasteiger partial charge in [-0.3, -0.25) is 9.59 Å². The largest absolute Gasteiger partial charge is 0.360 e. The maximum Gasteiger partial charge on any atom is 0.273 e. The zero-order chi connectivity index (χ0) is 14.8. The van der Waals surface area contributed by atoms with Crippen LogP contribution in [0.3, 0.4) is 0 Å². The van der Waals surface area contributed by atoms with Crippen molar-refractivity contribution in [3.63, 3.8) is 0 Å². The van der Waals surface area contributed by atoms with Crippen LogP contribution in [0.25, 0.3) is 0 Å². The Hall–Kier alpha value is -1.50. The van der Waals surface area contributed by atoms with Crippen molar-refractivity contribution in [2.75, 3.05) is 18.8 Å². The lowest BCUT2D eigenvalue weighted by molar-refractivity contribution is -0.129. The van der Waals surface area contributed by atoms with Gasteiger partial charge in [0.15, 0.2) is 5.69 Å². The molecule has 1 N–H and O–H groups in total. The predicted octanol–water partition coefficient (Wildman–Crippen LogP) is 1.20. The Morgan fingerprint density at radius 3 is 2.67 bits per heavy atom. The summed E-state index contributed by atoms with van der Waals surface area (Å²) in [4.78, 5) is 25.4. The van der Waals surface area contributed by atoms with Gasteiger partial charge in [-0.05, 0) is 25.7 Å². The number of nitrogens with one attached hydrogen (secondary N) is 1. The molecular weight excluding hydrogens is 290 g/mol. The van der Waals surface area contributed by atoms with Crippen molar-refractivity contribution in [2.45, 2.75) is 37.6 Å². The Balaban J connectivity index is 1.50. The summed E-state index contributed by atoms with van der Waals surface area (Å²) in [6.45, 7) is 1.33. The number of likely N-dealkylation sites (tertiary alicyclic amines) is 1. The number of carbonyl (C=O) groups excluding carboxylic acids is 2. The van der Waals surface area contributed by atoms with E-state index in [0.29, 0.717) is 24.7 Å². The first-order valence-corrected chi connectivity index (χ1v) is 7.96. The number of rotatable bonds is 4. The zero-order valence-electron chi connectivity index (χ0n) is 11.7. The van der Waals surface area contributed by atoms with Gasteiger partial charge in [-0.1, -0.05) is 5.16 Å². The van der Waals surface area contributed by atoms with Crippen molar-refractivity contribution in [2.24, 2.45) is 0 Å². The van der Waals surface area contributed by atoms with Crippen LogP contribution in [0.1, 0.15) is 47.8 Å². The van der Waals surface area contributed by atoms with E-state index in [4.69, 9.17) is 4.52 Å². The zero-order valence-corrected chi connectivity index (χ0v) is 12.6. The van der Waals surface area contributed by atoms with Gasteiger partial charge in [-0.25, -0.2) is 0 Å². The van der Waals surface area contributed by atoms with Gasteiger partial charge in [0.25, 0.3) is 5.91 Å². The fourth-order valence-electron chi connectivity index (χ4n) is 2.59. The first kappa shape index (κ1) is 14.4. The molecule has 1 aromatic heterocycles. The number of thiol groups is 1. The van der Waals surface area contributed by atoms with Crippen molar-refractivity contribution in [3.05, 3.63) is 17.5 Å². The Bertz CT molecular complexity index is 533. The van der Waals surface area contributed by atoms with Crippen molar-refractivity contribution in [1.82, 2.24) is 15.4 Å². The fourth-order valence-corrected chi connectivity index (χ4v) is 2.79. The summed E-state index contributed by atoms with van der Waals surface area (Å²) in [6.07, 6.45) is 3.76. The van der Waals surface area contributed by atoms with E-state index in [0.717, 1.165) is 31.4 Å². The second kappa shape index (κ2) is 6.09. The topological polar surface area (TPSA) is 75.4 Å². The SMILES string of the molecule is O=C(NC1CCN(C(=O)CS)CC1)c1cc(C2CC2)on1. The predicted molar refractivity (Wildman–Crippen MR) is 79.4 cm³/mol. The number of hydrogen-bond acceptors (Lipinski definition) is 5. The molecule has 1 saturated heterocycles. The van der Waals surface area contributed by atoms with Gasteiger partial charge in [0.05, 0.1) is 5.75 Å². The number of aromatic nitrogens is 1. The average Bonchev–Trinajstić information content (AvgIpc) is 3.24. The highest BCUT2D eigenvalue weighted by Gasteiger charge is 2.29. The van der Waals surface area contributed by atoms with Gasteiger partial charge >= 0.3 is 0 Å².